The summed E-state index contributed by atoms with van der Waals surface area (Å²) >= 11 is 0. The Morgan fingerprint density at radius 1 is 1.07 bits per heavy atom. The SMILES string of the molecule is CC1C(c2ccc(OC3CCN(C4CCC4)CC3)cc2)Oc2cccnc2S1(=O)=O. The molecule has 0 spiro atoms. The third kappa shape index (κ3) is 3.58. The molecular formula is C23H28N2O4S. The van der Waals surface area contributed by atoms with Crippen LogP contribution in [0.25, 0.3) is 0 Å². The van der Waals surface area contributed by atoms with Crippen LogP contribution in [0, 0.1) is 0 Å². The Morgan fingerprint density at radius 3 is 2.47 bits per heavy atom. The fourth-order valence-electron chi connectivity index (χ4n) is 4.63. The minimum absolute atomic E-state index is 0.0296. The molecule has 3 heterocycles. The van der Waals surface area contributed by atoms with Gasteiger partial charge in [0, 0.05) is 25.3 Å². The molecule has 1 aliphatic carbocycles. The predicted molar refractivity (Wildman–Crippen MR) is 114 cm³/mol. The van der Waals surface area contributed by atoms with E-state index in [1.807, 2.05) is 24.3 Å². The van der Waals surface area contributed by atoms with Gasteiger partial charge in [-0.05, 0) is 62.4 Å². The zero-order valence-corrected chi connectivity index (χ0v) is 18.1. The van der Waals surface area contributed by atoms with Crippen molar-refractivity contribution in [3.05, 3.63) is 48.2 Å². The smallest absolute Gasteiger partial charge is 0.205 e. The molecule has 0 N–H and O–H groups in total. The van der Waals surface area contributed by atoms with E-state index in [4.69, 9.17) is 9.47 Å². The molecule has 0 amide bonds. The number of ether oxygens (including phenoxy) is 2. The van der Waals surface area contributed by atoms with Gasteiger partial charge >= 0.3 is 0 Å². The number of rotatable bonds is 4. The Labute approximate surface area is 178 Å². The van der Waals surface area contributed by atoms with Gasteiger partial charge in [0.1, 0.15) is 23.2 Å². The summed E-state index contributed by atoms with van der Waals surface area (Å²) in [6.07, 6.45) is 7.36. The second kappa shape index (κ2) is 7.85. The molecule has 2 fully saturated rings. The van der Waals surface area contributed by atoms with Crippen LogP contribution in [-0.4, -0.2) is 48.8 Å². The van der Waals surface area contributed by atoms with Gasteiger partial charge in [-0.2, -0.15) is 0 Å². The molecule has 0 radical (unpaired) electrons. The molecule has 1 saturated carbocycles. The van der Waals surface area contributed by atoms with E-state index >= 15 is 0 Å². The second-order valence-corrected chi connectivity index (χ2v) is 10.8. The average Bonchev–Trinajstić information content (AvgIpc) is 2.72. The van der Waals surface area contributed by atoms with E-state index < -0.39 is 21.2 Å². The van der Waals surface area contributed by atoms with Crippen molar-refractivity contribution in [3.63, 3.8) is 0 Å². The van der Waals surface area contributed by atoms with Crippen LogP contribution in [0.5, 0.6) is 11.5 Å². The van der Waals surface area contributed by atoms with Crippen LogP contribution in [0.4, 0.5) is 0 Å². The summed E-state index contributed by atoms with van der Waals surface area (Å²) in [4.78, 5) is 6.63. The van der Waals surface area contributed by atoms with Crippen LogP contribution in [0.15, 0.2) is 47.6 Å². The molecule has 2 aliphatic heterocycles. The molecule has 1 aromatic heterocycles. The molecule has 160 valence electrons. The van der Waals surface area contributed by atoms with Gasteiger partial charge in [0.15, 0.2) is 10.8 Å². The maximum absolute atomic E-state index is 12.8. The topological polar surface area (TPSA) is 68.7 Å². The van der Waals surface area contributed by atoms with Crippen molar-refractivity contribution in [1.29, 1.82) is 0 Å². The van der Waals surface area contributed by atoms with Crippen molar-refractivity contribution in [2.45, 2.75) is 67.6 Å². The average molecular weight is 429 g/mol. The minimum atomic E-state index is -3.53. The molecule has 3 aliphatic rings. The number of hydrogen-bond donors (Lipinski definition) is 0. The molecule has 5 rings (SSSR count). The number of sulfone groups is 1. The predicted octanol–water partition coefficient (Wildman–Crippen LogP) is 3.77. The van der Waals surface area contributed by atoms with Crippen LogP contribution < -0.4 is 9.47 Å². The van der Waals surface area contributed by atoms with E-state index in [0.29, 0.717) is 5.75 Å². The summed E-state index contributed by atoms with van der Waals surface area (Å²) in [5.74, 6) is 1.15. The number of nitrogens with zero attached hydrogens (tertiary/aromatic N) is 2. The largest absolute Gasteiger partial charge is 0.490 e. The van der Waals surface area contributed by atoms with Crippen molar-refractivity contribution in [2.75, 3.05) is 13.1 Å². The van der Waals surface area contributed by atoms with Gasteiger partial charge in [0.25, 0.3) is 0 Å². The standard InChI is InChI=1S/C23H28N2O4S/c1-16-22(29-21-6-3-13-24-23(21)30(16,26)27)17-7-9-19(10-8-17)28-20-11-14-25(15-12-20)18-4-2-5-18/h3,6-10,13,16,18,20,22H,2,4-5,11-12,14-15H2,1H3. The lowest BCUT2D eigenvalue weighted by Crippen LogP contribution is -2.46. The zero-order valence-electron chi connectivity index (χ0n) is 17.2. The van der Waals surface area contributed by atoms with E-state index in [1.165, 1.54) is 25.5 Å². The van der Waals surface area contributed by atoms with Crippen LogP contribution in [0.2, 0.25) is 0 Å². The van der Waals surface area contributed by atoms with Crippen LogP contribution in [0.3, 0.4) is 0 Å². The first-order valence-electron chi connectivity index (χ1n) is 10.9. The third-order valence-corrected chi connectivity index (χ3v) is 8.83. The van der Waals surface area contributed by atoms with Crippen molar-refractivity contribution in [3.8, 4) is 11.5 Å². The maximum Gasteiger partial charge on any atom is 0.205 e. The van der Waals surface area contributed by atoms with E-state index in [2.05, 4.69) is 9.88 Å². The Balaban J connectivity index is 1.25. The highest BCUT2D eigenvalue weighted by molar-refractivity contribution is 7.92. The van der Waals surface area contributed by atoms with Gasteiger partial charge in [-0.25, -0.2) is 13.4 Å². The summed E-state index contributed by atoms with van der Waals surface area (Å²) in [6, 6.07) is 11.8. The van der Waals surface area contributed by atoms with E-state index in [0.717, 1.165) is 43.3 Å². The Kier molecular flexibility index (Phi) is 5.19. The van der Waals surface area contributed by atoms with Gasteiger partial charge in [-0.1, -0.05) is 18.6 Å². The highest BCUT2D eigenvalue weighted by Crippen LogP contribution is 2.40. The highest BCUT2D eigenvalue weighted by Gasteiger charge is 2.41. The first kappa shape index (κ1) is 19.8. The number of pyridine rings is 1. The number of benzene rings is 1. The van der Waals surface area contributed by atoms with E-state index in [1.54, 1.807) is 19.1 Å². The lowest BCUT2D eigenvalue weighted by atomic mass is 9.90. The van der Waals surface area contributed by atoms with Crippen LogP contribution >= 0.6 is 0 Å². The van der Waals surface area contributed by atoms with E-state index in [-0.39, 0.29) is 11.1 Å². The number of fused-ring (bicyclic) bond motifs is 1. The molecule has 2 atom stereocenters. The fourth-order valence-corrected chi connectivity index (χ4v) is 6.12. The molecule has 2 unspecified atom stereocenters. The monoisotopic (exact) mass is 428 g/mol. The number of hydrogen-bond acceptors (Lipinski definition) is 6. The number of aromatic nitrogens is 1. The summed E-state index contributed by atoms with van der Waals surface area (Å²) in [6.45, 7) is 3.91. The number of likely N-dealkylation sites (tertiary alicyclic amines) is 1. The number of piperidine rings is 1. The highest BCUT2D eigenvalue weighted by atomic mass is 32.2. The van der Waals surface area contributed by atoms with Gasteiger partial charge in [-0.15, -0.1) is 0 Å². The molecule has 0 bridgehead atoms. The van der Waals surface area contributed by atoms with Gasteiger partial charge < -0.3 is 14.4 Å². The molecular weight excluding hydrogens is 400 g/mol. The first-order chi connectivity index (χ1) is 14.5. The van der Waals surface area contributed by atoms with Crippen molar-refractivity contribution in [1.82, 2.24) is 9.88 Å². The Hall–Kier alpha value is -2.12. The fraction of sp³-hybridized carbons (Fsp3) is 0.522. The second-order valence-electron chi connectivity index (χ2n) is 8.60. The lowest BCUT2D eigenvalue weighted by molar-refractivity contribution is 0.0493. The summed E-state index contributed by atoms with van der Waals surface area (Å²) in [5, 5.41) is -0.676. The van der Waals surface area contributed by atoms with Gasteiger partial charge in [0.2, 0.25) is 9.84 Å². The first-order valence-corrected chi connectivity index (χ1v) is 12.4. The summed E-state index contributed by atoms with van der Waals surface area (Å²) in [5.41, 5.74) is 0.827. The van der Waals surface area contributed by atoms with Gasteiger partial charge in [0.05, 0.1) is 0 Å². The van der Waals surface area contributed by atoms with Crippen LogP contribution in [0.1, 0.15) is 50.7 Å². The third-order valence-electron chi connectivity index (χ3n) is 6.75. The minimum Gasteiger partial charge on any atom is -0.490 e. The van der Waals surface area contributed by atoms with Crippen molar-refractivity contribution >= 4 is 9.84 Å². The summed E-state index contributed by atoms with van der Waals surface area (Å²) in [7, 11) is -3.53. The molecule has 1 aromatic carbocycles. The molecule has 1 saturated heterocycles. The summed E-state index contributed by atoms with van der Waals surface area (Å²) < 4.78 is 37.9. The molecule has 7 heteroatoms. The van der Waals surface area contributed by atoms with Crippen molar-refractivity contribution < 1.29 is 17.9 Å². The Bertz CT molecular complexity index is 996. The normalized spacial score (nSPS) is 27.0. The van der Waals surface area contributed by atoms with Crippen molar-refractivity contribution in [2.24, 2.45) is 0 Å². The quantitative estimate of drug-likeness (QED) is 0.738. The molecule has 2 aromatic rings. The van der Waals surface area contributed by atoms with Crippen LogP contribution in [-0.2, 0) is 9.84 Å². The zero-order chi connectivity index (χ0) is 20.7. The van der Waals surface area contributed by atoms with E-state index in [9.17, 15) is 8.42 Å². The maximum atomic E-state index is 12.8. The van der Waals surface area contributed by atoms with Gasteiger partial charge in [-0.3, -0.25) is 0 Å². The Morgan fingerprint density at radius 2 is 1.80 bits per heavy atom. The lowest BCUT2D eigenvalue weighted by Gasteiger charge is -2.41. The molecule has 30 heavy (non-hydrogen) atoms. The molecule has 6 nitrogen and oxygen atoms in total.